The third kappa shape index (κ3) is 2.87. The molecule has 2 fully saturated rings. The summed E-state index contributed by atoms with van der Waals surface area (Å²) in [6.45, 7) is 2.18. The standard InChI is InChI=1S/C11H20N2O2.ClH/c12-8-9-4-1-2-6-13(9)11(14)10-5-3-7-15-10;/h9-10H,1-8,12H2;1H/t9?,10-;/m1./s1. The number of hydrogen-bond acceptors (Lipinski definition) is 3. The Morgan fingerprint density at radius 3 is 2.75 bits per heavy atom. The average molecular weight is 249 g/mol. The minimum absolute atomic E-state index is 0. The van der Waals surface area contributed by atoms with Gasteiger partial charge in [-0.25, -0.2) is 0 Å². The number of rotatable bonds is 2. The van der Waals surface area contributed by atoms with Gasteiger partial charge in [-0.2, -0.15) is 0 Å². The molecule has 0 aromatic carbocycles. The predicted octanol–water partition coefficient (Wildman–Crippen LogP) is 0.927. The number of carbonyl (C=O) groups is 1. The van der Waals surface area contributed by atoms with Gasteiger partial charge in [0.25, 0.3) is 5.91 Å². The largest absolute Gasteiger partial charge is 0.368 e. The lowest BCUT2D eigenvalue weighted by molar-refractivity contribution is -0.144. The van der Waals surface area contributed by atoms with Crippen LogP contribution in [-0.4, -0.2) is 42.6 Å². The molecule has 2 aliphatic heterocycles. The summed E-state index contributed by atoms with van der Waals surface area (Å²) < 4.78 is 5.43. The normalized spacial score (nSPS) is 29.9. The maximum absolute atomic E-state index is 12.1. The van der Waals surface area contributed by atoms with E-state index < -0.39 is 0 Å². The van der Waals surface area contributed by atoms with E-state index in [1.807, 2.05) is 4.90 Å². The maximum atomic E-state index is 12.1. The van der Waals surface area contributed by atoms with Crippen LogP contribution in [0.3, 0.4) is 0 Å². The second-order valence-electron chi connectivity index (χ2n) is 4.42. The summed E-state index contributed by atoms with van der Waals surface area (Å²) >= 11 is 0. The number of carbonyl (C=O) groups excluding carboxylic acids is 1. The molecule has 2 rings (SSSR count). The number of hydrogen-bond donors (Lipinski definition) is 1. The molecular formula is C11H21ClN2O2. The quantitative estimate of drug-likeness (QED) is 0.791. The lowest BCUT2D eigenvalue weighted by Crippen LogP contribution is -2.50. The highest BCUT2D eigenvalue weighted by Gasteiger charge is 2.32. The fourth-order valence-electron chi connectivity index (χ4n) is 2.49. The predicted molar refractivity (Wildman–Crippen MR) is 64.6 cm³/mol. The summed E-state index contributed by atoms with van der Waals surface area (Å²) in [5.74, 6) is 0.169. The van der Waals surface area contributed by atoms with Gasteiger partial charge in [-0.15, -0.1) is 12.4 Å². The summed E-state index contributed by atoms with van der Waals surface area (Å²) in [4.78, 5) is 14.1. The second kappa shape index (κ2) is 6.42. The second-order valence-corrected chi connectivity index (χ2v) is 4.42. The minimum Gasteiger partial charge on any atom is -0.368 e. The fraction of sp³-hybridized carbons (Fsp3) is 0.909. The minimum atomic E-state index is -0.183. The van der Waals surface area contributed by atoms with Gasteiger partial charge >= 0.3 is 0 Å². The van der Waals surface area contributed by atoms with Crippen LogP contribution in [0.1, 0.15) is 32.1 Å². The van der Waals surface area contributed by atoms with E-state index in [4.69, 9.17) is 10.5 Å². The first-order valence-electron chi connectivity index (χ1n) is 5.95. The zero-order valence-electron chi connectivity index (χ0n) is 9.56. The maximum Gasteiger partial charge on any atom is 0.251 e. The molecule has 1 unspecified atom stereocenters. The van der Waals surface area contributed by atoms with Crippen LogP contribution < -0.4 is 5.73 Å². The third-order valence-corrected chi connectivity index (χ3v) is 3.39. The van der Waals surface area contributed by atoms with Gasteiger partial charge in [0.2, 0.25) is 0 Å². The number of halogens is 1. The van der Waals surface area contributed by atoms with Gasteiger partial charge in [0.15, 0.2) is 0 Å². The Morgan fingerprint density at radius 1 is 1.31 bits per heavy atom. The van der Waals surface area contributed by atoms with Crippen molar-refractivity contribution in [3.05, 3.63) is 0 Å². The Bertz CT molecular complexity index is 232. The van der Waals surface area contributed by atoms with E-state index in [9.17, 15) is 4.79 Å². The Labute approximate surface area is 103 Å². The van der Waals surface area contributed by atoms with Crippen LogP contribution in [0.25, 0.3) is 0 Å². The van der Waals surface area contributed by atoms with Gasteiger partial charge in [-0.05, 0) is 32.1 Å². The summed E-state index contributed by atoms with van der Waals surface area (Å²) in [6.07, 6.45) is 5.06. The molecule has 2 saturated heterocycles. The molecule has 0 bridgehead atoms. The van der Waals surface area contributed by atoms with Crippen molar-refractivity contribution in [3.8, 4) is 0 Å². The van der Waals surface area contributed by atoms with Crippen molar-refractivity contribution in [2.24, 2.45) is 5.73 Å². The number of amides is 1. The zero-order valence-corrected chi connectivity index (χ0v) is 10.4. The topological polar surface area (TPSA) is 55.6 Å². The van der Waals surface area contributed by atoms with Crippen molar-refractivity contribution in [1.82, 2.24) is 4.90 Å². The van der Waals surface area contributed by atoms with Gasteiger partial charge < -0.3 is 15.4 Å². The van der Waals surface area contributed by atoms with Crippen molar-refractivity contribution in [1.29, 1.82) is 0 Å². The lowest BCUT2D eigenvalue weighted by atomic mass is 10.0. The van der Waals surface area contributed by atoms with Gasteiger partial charge in [0.1, 0.15) is 6.10 Å². The summed E-state index contributed by atoms with van der Waals surface area (Å²) in [6, 6.07) is 0.246. The van der Waals surface area contributed by atoms with Crippen molar-refractivity contribution in [2.45, 2.75) is 44.2 Å². The molecule has 2 N–H and O–H groups in total. The van der Waals surface area contributed by atoms with Crippen molar-refractivity contribution < 1.29 is 9.53 Å². The van der Waals surface area contributed by atoms with Crippen molar-refractivity contribution >= 4 is 18.3 Å². The molecule has 0 radical (unpaired) electrons. The van der Waals surface area contributed by atoms with Gasteiger partial charge in [0, 0.05) is 25.7 Å². The van der Waals surface area contributed by atoms with Crippen LogP contribution in [0, 0.1) is 0 Å². The van der Waals surface area contributed by atoms with Crippen LogP contribution in [-0.2, 0) is 9.53 Å². The first-order chi connectivity index (χ1) is 7.33. The van der Waals surface area contributed by atoms with E-state index in [1.165, 1.54) is 6.42 Å². The van der Waals surface area contributed by atoms with E-state index in [0.29, 0.717) is 6.54 Å². The van der Waals surface area contributed by atoms with Crippen LogP contribution in [0.4, 0.5) is 0 Å². The Balaban J connectivity index is 0.00000128. The van der Waals surface area contributed by atoms with E-state index in [0.717, 1.165) is 38.8 Å². The van der Waals surface area contributed by atoms with E-state index in [2.05, 4.69) is 0 Å². The van der Waals surface area contributed by atoms with Gasteiger partial charge in [-0.1, -0.05) is 0 Å². The molecule has 0 spiro atoms. The molecule has 0 aromatic heterocycles. The number of nitrogens with zero attached hydrogens (tertiary/aromatic N) is 1. The molecule has 5 heteroatoms. The molecule has 4 nitrogen and oxygen atoms in total. The van der Waals surface area contributed by atoms with Gasteiger partial charge in [0.05, 0.1) is 0 Å². The molecule has 2 atom stereocenters. The smallest absolute Gasteiger partial charge is 0.251 e. The van der Waals surface area contributed by atoms with Crippen molar-refractivity contribution in [3.63, 3.8) is 0 Å². The van der Waals surface area contributed by atoms with E-state index in [-0.39, 0.29) is 30.5 Å². The number of nitrogens with two attached hydrogens (primary N) is 1. The molecule has 2 aliphatic rings. The zero-order chi connectivity index (χ0) is 10.7. The van der Waals surface area contributed by atoms with E-state index >= 15 is 0 Å². The molecule has 94 valence electrons. The van der Waals surface area contributed by atoms with Crippen LogP contribution in [0.2, 0.25) is 0 Å². The summed E-state index contributed by atoms with van der Waals surface area (Å²) in [5.41, 5.74) is 5.70. The highest BCUT2D eigenvalue weighted by Crippen LogP contribution is 2.21. The highest BCUT2D eigenvalue weighted by molar-refractivity contribution is 5.85. The molecule has 0 aromatic rings. The average Bonchev–Trinajstić information content (AvgIpc) is 2.81. The number of ether oxygens (including phenoxy) is 1. The van der Waals surface area contributed by atoms with Crippen LogP contribution in [0.5, 0.6) is 0 Å². The van der Waals surface area contributed by atoms with Crippen LogP contribution in [0.15, 0.2) is 0 Å². The van der Waals surface area contributed by atoms with E-state index in [1.54, 1.807) is 0 Å². The molecule has 0 aliphatic carbocycles. The van der Waals surface area contributed by atoms with Crippen LogP contribution >= 0.6 is 12.4 Å². The van der Waals surface area contributed by atoms with Gasteiger partial charge in [-0.3, -0.25) is 4.79 Å². The SMILES string of the molecule is Cl.NCC1CCCCN1C(=O)[C@H]1CCCO1. The summed E-state index contributed by atoms with van der Waals surface area (Å²) in [7, 11) is 0. The molecule has 16 heavy (non-hydrogen) atoms. The Hall–Kier alpha value is -0.320. The molecule has 2 heterocycles. The highest BCUT2D eigenvalue weighted by atomic mass is 35.5. The first kappa shape index (κ1) is 13.7. The fourth-order valence-corrected chi connectivity index (χ4v) is 2.49. The molecular weight excluding hydrogens is 228 g/mol. The number of likely N-dealkylation sites (tertiary alicyclic amines) is 1. The summed E-state index contributed by atoms with van der Waals surface area (Å²) in [5, 5.41) is 0. The number of piperidine rings is 1. The Morgan fingerprint density at radius 2 is 2.12 bits per heavy atom. The monoisotopic (exact) mass is 248 g/mol. The lowest BCUT2D eigenvalue weighted by Gasteiger charge is -2.36. The molecule has 0 saturated carbocycles. The van der Waals surface area contributed by atoms with Crippen molar-refractivity contribution in [2.75, 3.05) is 19.7 Å². The Kier molecular flexibility index (Phi) is 5.52. The first-order valence-corrected chi connectivity index (χ1v) is 5.95. The third-order valence-electron chi connectivity index (χ3n) is 3.39. The molecule has 1 amide bonds.